The van der Waals surface area contributed by atoms with Gasteiger partial charge in [0.05, 0.1) is 6.10 Å². The molecule has 1 aliphatic rings. The van der Waals surface area contributed by atoms with Gasteiger partial charge in [-0.25, -0.2) is 0 Å². The summed E-state index contributed by atoms with van der Waals surface area (Å²) in [6.45, 7) is 4.40. The summed E-state index contributed by atoms with van der Waals surface area (Å²) in [5.74, 6) is 0.588. The molecule has 0 aliphatic heterocycles. The second kappa shape index (κ2) is 3.75. The van der Waals surface area contributed by atoms with Crippen LogP contribution in [-0.2, 0) is 0 Å². The van der Waals surface area contributed by atoms with Crippen LogP contribution in [0.3, 0.4) is 0 Å². The summed E-state index contributed by atoms with van der Waals surface area (Å²) < 4.78 is 0. The fraction of sp³-hybridized carbons (Fsp3) is 1.00. The normalized spacial score (nSPS) is 39.5. The Morgan fingerprint density at radius 3 is 2.42 bits per heavy atom. The summed E-state index contributed by atoms with van der Waals surface area (Å²) in [5.41, 5.74) is 6.27. The minimum absolute atomic E-state index is 0.00792. The standard InChI is InChI=1S/C10H21NO/c1-3-8(2)10(11)6-4-9(12)5-7-10/h8-9,12H,3-7,11H2,1-2H3. The number of hydrogen-bond acceptors (Lipinski definition) is 2. The molecule has 72 valence electrons. The van der Waals surface area contributed by atoms with E-state index in [4.69, 9.17) is 5.73 Å². The molecular formula is C10H21NO. The van der Waals surface area contributed by atoms with Gasteiger partial charge in [-0.2, -0.15) is 0 Å². The minimum atomic E-state index is -0.0919. The molecule has 0 radical (unpaired) electrons. The zero-order valence-electron chi connectivity index (χ0n) is 8.21. The van der Waals surface area contributed by atoms with E-state index in [1.54, 1.807) is 0 Å². The molecule has 1 fully saturated rings. The van der Waals surface area contributed by atoms with Gasteiger partial charge in [-0.05, 0) is 31.6 Å². The van der Waals surface area contributed by atoms with E-state index in [1.807, 2.05) is 0 Å². The van der Waals surface area contributed by atoms with E-state index in [2.05, 4.69) is 13.8 Å². The van der Waals surface area contributed by atoms with Crippen molar-refractivity contribution in [3.63, 3.8) is 0 Å². The van der Waals surface area contributed by atoms with Gasteiger partial charge in [-0.3, -0.25) is 0 Å². The van der Waals surface area contributed by atoms with Gasteiger partial charge in [0.1, 0.15) is 0 Å². The molecule has 3 N–H and O–H groups in total. The van der Waals surface area contributed by atoms with E-state index >= 15 is 0 Å². The van der Waals surface area contributed by atoms with E-state index in [1.165, 1.54) is 0 Å². The maximum absolute atomic E-state index is 9.34. The zero-order chi connectivity index (χ0) is 9.19. The Morgan fingerprint density at radius 1 is 1.50 bits per heavy atom. The molecule has 2 nitrogen and oxygen atoms in total. The van der Waals surface area contributed by atoms with Crippen LogP contribution in [0.4, 0.5) is 0 Å². The van der Waals surface area contributed by atoms with E-state index in [9.17, 15) is 5.11 Å². The Labute approximate surface area is 75.2 Å². The topological polar surface area (TPSA) is 46.2 Å². The molecule has 1 saturated carbocycles. The van der Waals surface area contributed by atoms with Gasteiger partial charge in [0.15, 0.2) is 0 Å². The van der Waals surface area contributed by atoms with Crippen molar-refractivity contribution in [1.29, 1.82) is 0 Å². The fourth-order valence-electron chi connectivity index (χ4n) is 2.04. The summed E-state index contributed by atoms with van der Waals surface area (Å²) >= 11 is 0. The van der Waals surface area contributed by atoms with Crippen molar-refractivity contribution >= 4 is 0 Å². The highest BCUT2D eigenvalue weighted by atomic mass is 16.3. The predicted molar refractivity (Wildman–Crippen MR) is 50.8 cm³/mol. The van der Waals surface area contributed by atoms with Gasteiger partial charge in [0.25, 0.3) is 0 Å². The molecule has 1 unspecified atom stereocenters. The Balaban J connectivity index is 2.49. The molecular weight excluding hydrogens is 150 g/mol. The molecule has 2 heteroatoms. The summed E-state index contributed by atoms with van der Waals surface area (Å²) in [5, 5.41) is 9.34. The first kappa shape index (κ1) is 10.0. The van der Waals surface area contributed by atoms with Crippen molar-refractivity contribution in [3.05, 3.63) is 0 Å². The highest BCUT2D eigenvalue weighted by Gasteiger charge is 2.34. The molecule has 0 saturated heterocycles. The first-order valence-electron chi connectivity index (χ1n) is 5.05. The van der Waals surface area contributed by atoms with Crippen molar-refractivity contribution in [1.82, 2.24) is 0 Å². The van der Waals surface area contributed by atoms with Crippen LogP contribution in [0.15, 0.2) is 0 Å². The lowest BCUT2D eigenvalue weighted by molar-refractivity contribution is 0.0771. The van der Waals surface area contributed by atoms with Gasteiger partial charge >= 0.3 is 0 Å². The lowest BCUT2D eigenvalue weighted by atomic mass is 9.72. The SMILES string of the molecule is CCC(C)C1(N)CCC(O)CC1. The minimum Gasteiger partial charge on any atom is -0.393 e. The van der Waals surface area contributed by atoms with Crippen molar-refractivity contribution in [2.45, 2.75) is 57.6 Å². The summed E-state index contributed by atoms with van der Waals surface area (Å²) in [6.07, 6.45) is 4.81. The van der Waals surface area contributed by atoms with Crippen LogP contribution in [-0.4, -0.2) is 16.7 Å². The summed E-state index contributed by atoms with van der Waals surface area (Å²) in [6, 6.07) is 0. The summed E-state index contributed by atoms with van der Waals surface area (Å²) in [4.78, 5) is 0. The van der Waals surface area contributed by atoms with E-state index in [0.717, 1.165) is 32.1 Å². The van der Waals surface area contributed by atoms with Crippen LogP contribution < -0.4 is 5.73 Å². The second-order valence-corrected chi connectivity index (χ2v) is 4.27. The molecule has 1 rings (SSSR count). The first-order chi connectivity index (χ1) is 5.58. The highest BCUT2D eigenvalue weighted by molar-refractivity contribution is 4.93. The average molecular weight is 171 g/mol. The first-order valence-corrected chi connectivity index (χ1v) is 5.05. The summed E-state index contributed by atoms with van der Waals surface area (Å²) in [7, 11) is 0. The monoisotopic (exact) mass is 171 g/mol. The smallest absolute Gasteiger partial charge is 0.0541 e. The lowest BCUT2D eigenvalue weighted by Gasteiger charge is -2.40. The predicted octanol–water partition coefficient (Wildman–Crippen LogP) is 1.66. The Morgan fingerprint density at radius 2 is 2.00 bits per heavy atom. The maximum atomic E-state index is 9.34. The molecule has 0 aromatic rings. The molecule has 12 heavy (non-hydrogen) atoms. The van der Waals surface area contributed by atoms with Crippen molar-refractivity contribution < 1.29 is 5.11 Å². The van der Waals surface area contributed by atoms with E-state index in [-0.39, 0.29) is 11.6 Å². The number of aliphatic hydroxyl groups excluding tert-OH is 1. The average Bonchev–Trinajstić information content (AvgIpc) is 2.09. The van der Waals surface area contributed by atoms with Gasteiger partial charge in [0.2, 0.25) is 0 Å². The zero-order valence-corrected chi connectivity index (χ0v) is 8.21. The molecule has 0 amide bonds. The van der Waals surface area contributed by atoms with Crippen molar-refractivity contribution in [3.8, 4) is 0 Å². The number of aliphatic hydroxyl groups is 1. The molecule has 1 atom stereocenters. The third-order valence-corrected chi connectivity index (χ3v) is 3.48. The van der Waals surface area contributed by atoms with Crippen LogP contribution in [0.5, 0.6) is 0 Å². The van der Waals surface area contributed by atoms with Gasteiger partial charge in [0, 0.05) is 5.54 Å². The van der Waals surface area contributed by atoms with Gasteiger partial charge in [-0.15, -0.1) is 0 Å². The quantitative estimate of drug-likeness (QED) is 0.664. The Bertz CT molecular complexity index is 139. The number of rotatable bonds is 2. The van der Waals surface area contributed by atoms with Crippen molar-refractivity contribution in [2.75, 3.05) is 0 Å². The van der Waals surface area contributed by atoms with Crippen LogP contribution in [0, 0.1) is 5.92 Å². The molecule has 0 spiro atoms. The Kier molecular flexibility index (Phi) is 3.13. The fourth-order valence-corrected chi connectivity index (χ4v) is 2.04. The van der Waals surface area contributed by atoms with E-state index < -0.39 is 0 Å². The third kappa shape index (κ3) is 1.99. The third-order valence-electron chi connectivity index (χ3n) is 3.48. The molecule has 0 aromatic heterocycles. The number of nitrogens with two attached hydrogens (primary N) is 1. The van der Waals surface area contributed by atoms with Crippen LogP contribution in [0.1, 0.15) is 46.0 Å². The van der Waals surface area contributed by atoms with Gasteiger partial charge in [-0.1, -0.05) is 20.3 Å². The van der Waals surface area contributed by atoms with Crippen LogP contribution >= 0.6 is 0 Å². The Hall–Kier alpha value is -0.0800. The number of hydrogen-bond donors (Lipinski definition) is 2. The molecule has 0 heterocycles. The van der Waals surface area contributed by atoms with E-state index in [0.29, 0.717) is 5.92 Å². The lowest BCUT2D eigenvalue weighted by Crippen LogP contribution is -2.49. The second-order valence-electron chi connectivity index (χ2n) is 4.27. The maximum Gasteiger partial charge on any atom is 0.0541 e. The van der Waals surface area contributed by atoms with Gasteiger partial charge < -0.3 is 10.8 Å². The highest BCUT2D eigenvalue weighted by Crippen LogP contribution is 2.33. The van der Waals surface area contributed by atoms with Crippen molar-refractivity contribution in [2.24, 2.45) is 11.7 Å². The molecule has 1 aliphatic carbocycles. The molecule has 0 aromatic carbocycles. The largest absolute Gasteiger partial charge is 0.393 e. The molecule has 0 bridgehead atoms. The van der Waals surface area contributed by atoms with Crippen LogP contribution in [0.2, 0.25) is 0 Å². The van der Waals surface area contributed by atoms with Crippen LogP contribution in [0.25, 0.3) is 0 Å².